The van der Waals surface area contributed by atoms with Crippen molar-refractivity contribution in [3.63, 3.8) is 0 Å². The van der Waals surface area contributed by atoms with Crippen LogP contribution in [0.1, 0.15) is 13.8 Å². The van der Waals surface area contributed by atoms with E-state index in [0.29, 0.717) is 13.8 Å². The van der Waals surface area contributed by atoms with Crippen LogP contribution < -0.4 is 19.5 Å². The molecule has 8 fully saturated rings. The summed E-state index contributed by atoms with van der Waals surface area (Å²) in [5, 5.41) is 146. The molecule has 0 spiro atoms. The average molecular weight is 2080 g/mol. The number of aliphatic carboxylic acids is 2. The number of carbonyl (C=O) groups is 4. The van der Waals surface area contributed by atoms with Crippen molar-refractivity contribution in [2.24, 2.45) is 0 Å². The van der Waals surface area contributed by atoms with E-state index in [9.17, 15) is 202 Å². The molecule has 0 saturated carbocycles. The van der Waals surface area contributed by atoms with E-state index < -0.39 is 387 Å². The number of nitrogens with one attached hydrogen (secondary N) is 4. The zero-order valence-corrected chi connectivity index (χ0v) is 70.8. The number of carboxylic acid groups (broad SMARTS) is 2. The van der Waals surface area contributed by atoms with Gasteiger partial charge < -0.3 is 147 Å². The number of ether oxygens (including phenoxy) is 16. The van der Waals surface area contributed by atoms with Crippen LogP contribution in [0.2, 0.25) is 0 Å². The van der Waals surface area contributed by atoms with E-state index in [1.165, 1.54) is 14.2 Å². The number of fused-ring (bicyclic) bond motifs is 2. The van der Waals surface area contributed by atoms with Crippen LogP contribution in [0.4, 0.5) is 0 Å². The maximum Gasteiger partial charge on any atom is 0.397 e. The Bertz CT molecular complexity index is 5120. The van der Waals surface area contributed by atoms with Gasteiger partial charge in [-0.3, -0.25) is 50.6 Å². The van der Waals surface area contributed by atoms with Crippen molar-refractivity contribution < 1.29 is 299 Å². The Balaban J connectivity index is 0.996. The summed E-state index contributed by atoms with van der Waals surface area (Å²) in [6.45, 7) is -5.04. The number of amides is 1. The predicted octanol–water partition coefficient (Wildman–Crippen LogP) is -18.8. The molecule has 0 radical (unpaired) electrons. The summed E-state index contributed by atoms with van der Waals surface area (Å²) >= 11 is 0. The lowest BCUT2D eigenvalue weighted by Gasteiger charge is -2.51. The Morgan fingerprint density at radius 2 is 0.798 bits per heavy atom. The third-order valence-corrected chi connectivity index (χ3v) is 24.4. The zero-order chi connectivity index (χ0) is 97.1. The van der Waals surface area contributed by atoms with Crippen LogP contribution in [0, 0.1) is 0 Å². The second-order valence-corrected chi connectivity index (χ2v) is 38.8. The standard InChI is InChI=1S/C51H80N4O65S9/c1-8(56)28-37(27(66)40(121(73,74)75)51(109-28)112-30-12-4-100-44(105-12)17(21(30)60)53-122(76,77)78)116-47-19(55-124(82,83)84)34(120-129(97,98)99)33(15(108-47)7-103-127(91,92)93)113-49-26(65)24(63)35(38(118-49)42(69)70)114-45-16(52-9(2)57)20(59)31(13(106-45)5-101-125(85,86)87)110-48-25(64)23(62)36(39(117-48)43(71)72)115-46-18(54-123(79,80)81)22(61)32(14(107-46)6-102-126(88,89)90)111-50-29(119-128(94,95)96)10(58)3-11(104-50)41(67)68/h3,10,12-40,42,44-51,53-55,58-66,69-70H,4-7H2,1-2H3,(H,52,57)(H,67,68)(H,71,72)(H,73,74,75)(H,76,77,78)(H,79,80,81)(H,82,83,84)(H,85,86,87)(H,88,89,90)(H,91,92,93)(H,94,95,96)(H,97,98,99)/t10-,12+,13+,14+,15+,16+,17+,18+,19+,20+,21+,22+,23+,24+,25+,26+,27-,28-,29+,30+,31+,32+,33+,34+,35-,36-,37-,38-,39+,40+,44+,45+,46+,47+,48+,49+,50-,51-/m0/s1. The zero-order valence-electron chi connectivity index (χ0n) is 63.5. The Kier molecular flexibility index (Phi) is 34.7. The second kappa shape index (κ2) is 41.4. The highest BCUT2D eigenvalue weighted by Gasteiger charge is 2.64. The number of aliphatic hydroxyl groups is 11. The summed E-state index contributed by atoms with van der Waals surface area (Å²) < 4.78 is 425. The van der Waals surface area contributed by atoms with Gasteiger partial charge in [-0.25, -0.2) is 30.5 Å². The van der Waals surface area contributed by atoms with Gasteiger partial charge in [0, 0.05) is 6.92 Å². The minimum absolute atomic E-state index is 0.235. The Labute approximate surface area is 722 Å². The molecular formula is C51H80N4O65S9. The first-order valence-corrected chi connectivity index (χ1v) is 47.8. The largest absolute Gasteiger partial charge is 0.479 e. The minimum atomic E-state index is -6.39. The van der Waals surface area contributed by atoms with E-state index in [1.807, 2.05) is 5.32 Å². The van der Waals surface area contributed by atoms with Crippen molar-refractivity contribution in [2.45, 2.75) is 252 Å². The molecule has 38 atom stereocenters. The molecule has 748 valence electrons. The van der Waals surface area contributed by atoms with E-state index in [-0.39, 0.29) is 6.08 Å². The number of ketones is 1. The van der Waals surface area contributed by atoms with Gasteiger partial charge in [-0.2, -0.15) is 89.9 Å². The van der Waals surface area contributed by atoms with Gasteiger partial charge in [0.2, 0.25) is 18.0 Å². The second-order valence-electron chi connectivity index (χ2n) is 28.3. The first-order valence-electron chi connectivity index (χ1n) is 35.2. The number of aliphatic hydroxyl groups excluding tert-OH is 10. The number of carboxylic acids is 2. The van der Waals surface area contributed by atoms with Gasteiger partial charge in [-0.1, -0.05) is 0 Å². The molecule has 1 amide bonds. The summed E-state index contributed by atoms with van der Waals surface area (Å²) in [4.78, 5) is 51.6. The smallest absolute Gasteiger partial charge is 0.397 e. The molecule has 9 rings (SSSR count). The van der Waals surface area contributed by atoms with Crippen LogP contribution in [0.5, 0.6) is 0 Å². The van der Waals surface area contributed by atoms with E-state index in [4.69, 9.17) is 75.8 Å². The molecule has 78 heteroatoms. The molecule has 9 heterocycles. The lowest BCUT2D eigenvalue weighted by molar-refractivity contribution is -0.389. The third kappa shape index (κ3) is 28.3. The number of hydrogen-bond donors (Lipinski definition) is 26. The quantitative estimate of drug-likeness (QED) is 0.0201. The fourth-order valence-corrected chi connectivity index (χ4v) is 18.8. The highest BCUT2D eigenvalue weighted by atomic mass is 32.3. The molecule has 0 aromatic heterocycles. The summed E-state index contributed by atoms with van der Waals surface area (Å²) in [6.07, 6.45) is -95.2. The van der Waals surface area contributed by atoms with Gasteiger partial charge in [-0.05, 0) is 13.0 Å². The van der Waals surface area contributed by atoms with Crippen LogP contribution in [-0.2, 0) is 209 Å². The predicted molar refractivity (Wildman–Crippen MR) is 376 cm³/mol. The molecule has 0 aliphatic carbocycles. The monoisotopic (exact) mass is 2080 g/mol. The topological polar surface area (TPSA) is 1060 Å². The summed E-state index contributed by atoms with van der Waals surface area (Å²) in [6, 6.07) is -10.6. The highest BCUT2D eigenvalue weighted by Crippen LogP contribution is 2.42. The SMILES string of the molecule is CC(=O)N[C@H]1[C@@H](O[C@H]2[C@H](O)[C@@H](O)[C@H](O[C@H]3[C@H](OS(=O)(=O)O)[C@@H](NS(=O)(=O)O)[C@@H](O[C@H]4[C@H](O)[C@@H](S(=O)(=O)O)[C@H](O[C@H]5[C@H](O)[C@@H](NS(=O)(=O)O)[C@@H]6OC[C@H]5O6)O[C@H]4C(C)=O)O[C@@H]3COS(=O)(=O)O)O[C@@H]2C(O)O)O[C@H](COS(=O)(=O)O)[C@@H](O[C@@H]2O[C@@H](C(=O)O)[C@@H](O[C@H]3O[C@H](COS(=O)(=O)O)[C@@H](O[C@@H]4OC(C(=O)O)=C[C@H](O)[C@H]4OS(=O)(=O)O)[C@H](O)[C@H]3NS(=O)(=O)O)[C@H](O)[C@H]2O)[C@@H]1O. The Hall–Kier alpha value is -4.55. The molecule has 0 aromatic rings. The van der Waals surface area contributed by atoms with Gasteiger partial charge >= 0.3 is 94.8 Å². The maximum atomic E-state index is 13.5. The first-order chi connectivity index (χ1) is 58.9. The van der Waals surface area contributed by atoms with Crippen LogP contribution in [0.25, 0.3) is 0 Å². The average Bonchev–Trinajstić information content (AvgIpc) is 1.51. The normalized spacial score (nSPS) is 40.8. The summed E-state index contributed by atoms with van der Waals surface area (Å²) in [7, 11) is -53.0. The van der Waals surface area contributed by atoms with Crippen LogP contribution in [-0.4, -0.2) is 472 Å². The van der Waals surface area contributed by atoms with Gasteiger partial charge in [0.1, 0.15) is 165 Å². The molecule has 69 nitrogen and oxygen atoms in total. The van der Waals surface area contributed by atoms with Crippen molar-refractivity contribution in [3.8, 4) is 0 Å². The van der Waals surface area contributed by atoms with Crippen molar-refractivity contribution >= 4 is 117 Å². The molecule has 0 unspecified atom stereocenters. The first kappa shape index (κ1) is 108. The fourth-order valence-electron chi connectivity index (χ4n) is 14.1. The lowest BCUT2D eigenvalue weighted by Crippen LogP contribution is -2.71. The van der Waals surface area contributed by atoms with Crippen LogP contribution >= 0.6 is 0 Å². The number of carbonyl (C=O) groups excluding carboxylic acids is 2. The van der Waals surface area contributed by atoms with Crippen molar-refractivity contribution in [2.75, 3.05) is 26.4 Å². The number of Topliss-reactive ketones (excluding diaryl/α,β-unsaturated/α-hetero) is 1. The van der Waals surface area contributed by atoms with Crippen molar-refractivity contribution in [1.29, 1.82) is 0 Å². The summed E-state index contributed by atoms with van der Waals surface area (Å²) in [5.74, 6) is -8.66. The third-order valence-electron chi connectivity index (χ3n) is 19.3. The molecule has 9 aliphatic heterocycles. The fraction of sp³-hybridized carbons (Fsp3) is 0.882. The minimum Gasteiger partial charge on any atom is -0.479 e. The molecular weight excluding hydrogens is 2000 g/mol. The van der Waals surface area contributed by atoms with Crippen LogP contribution in [0.3, 0.4) is 0 Å². The van der Waals surface area contributed by atoms with Gasteiger partial charge in [-0.15, -0.1) is 0 Å². The Morgan fingerprint density at radius 1 is 0.403 bits per heavy atom. The van der Waals surface area contributed by atoms with E-state index >= 15 is 0 Å². The highest BCUT2D eigenvalue weighted by molar-refractivity contribution is 7.86. The Morgan fingerprint density at radius 3 is 1.26 bits per heavy atom. The molecule has 8 saturated heterocycles. The van der Waals surface area contributed by atoms with Gasteiger partial charge in [0.05, 0.1) is 26.4 Å². The van der Waals surface area contributed by atoms with Crippen molar-refractivity contribution in [1.82, 2.24) is 19.5 Å². The van der Waals surface area contributed by atoms with Crippen LogP contribution in [0.15, 0.2) is 11.8 Å². The van der Waals surface area contributed by atoms with Gasteiger partial charge in [0.15, 0.2) is 73.6 Å². The molecule has 26 N–H and O–H groups in total. The molecule has 0 aromatic carbocycles. The van der Waals surface area contributed by atoms with Crippen molar-refractivity contribution in [3.05, 3.63) is 11.8 Å². The maximum absolute atomic E-state index is 13.5. The molecule has 9 aliphatic rings. The van der Waals surface area contributed by atoms with E-state index in [1.54, 1.807) is 0 Å². The number of rotatable bonds is 39. The van der Waals surface area contributed by atoms with Gasteiger partial charge in [0.25, 0.3) is 10.1 Å². The number of hydrogen-bond acceptors (Lipinski definition) is 54. The van der Waals surface area contributed by atoms with E-state index in [2.05, 4.69) is 20.9 Å². The molecule has 129 heavy (non-hydrogen) atoms. The van der Waals surface area contributed by atoms with E-state index in [0.717, 1.165) is 0 Å². The lowest BCUT2D eigenvalue weighted by atomic mass is 9.93. The summed E-state index contributed by atoms with van der Waals surface area (Å²) in [5.41, 5.74) is 0. The molecule has 2 bridgehead atoms.